The Hall–Kier alpha value is -1.54. The summed E-state index contributed by atoms with van der Waals surface area (Å²) in [7, 11) is -1.44. The minimum atomic E-state index is -3.04. The van der Waals surface area contributed by atoms with Crippen molar-refractivity contribution in [3.8, 4) is 0 Å². The van der Waals surface area contributed by atoms with Gasteiger partial charge in [-0.05, 0) is 18.6 Å². The molecule has 0 spiro atoms. The normalized spacial score (nSPS) is 19.8. The molecule has 1 N–H and O–H groups in total. The van der Waals surface area contributed by atoms with Gasteiger partial charge in [0, 0.05) is 18.0 Å². The fraction of sp³-hybridized carbons (Fsp3) is 0.429. The third-order valence-electron chi connectivity index (χ3n) is 3.62. The predicted molar refractivity (Wildman–Crippen MR) is 84.0 cm³/mol. The first kappa shape index (κ1) is 16.8. The van der Waals surface area contributed by atoms with Gasteiger partial charge in [-0.3, -0.25) is 4.79 Å². The summed E-state index contributed by atoms with van der Waals surface area (Å²) >= 11 is 1.15. The highest BCUT2D eigenvalue weighted by atomic mass is 32.2. The van der Waals surface area contributed by atoms with E-state index in [0.717, 1.165) is 11.8 Å². The largest absolute Gasteiger partial charge is 0.478 e. The van der Waals surface area contributed by atoms with Gasteiger partial charge in [0.15, 0.2) is 9.84 Å². The van der Waals surface area contributed by atoms with Crippen LogP contribution in [-0.4, -0.2) is 60.6 Å². The maximum Gasteiger partial charge on any atom is 0.336 e. The van der Waals surface area contributed by atoms with E-state index in [9.17, 15) is 18.0 Å². The molecule has 1 aliphatic heterocycles. The van der Waals surface area contributed by atoms with Gasteiger partial charge in [-0.1, -0.05) is 12.1 Å². The van der Waals surface area contributed by atoms with E-state index >= 15 is 0 Å². The van der Waals surface area contributed by atoms with Gasteiger partial charge in [0.1, 0.15) is 0 Å². The minimum absolute atomic E-state index is 0.00557. The van der Waals surface area contributed by atoms with E-state index in [-0.39, 0.29) is 34.8 Å². The van der Waals surface area contributed by atoms with Crippen LogP contribution < -0.4 is 0 Å². The highest BCUT2D eigenvalue weighted by Gasteiger charge is 2.32. The van der Waals surface area contributed by atoms with Crippen LogP contribution in [0, 0.1) is 0 Å². The summed E-state index contributed by atoms with van der Waals surface area (Å²) in [5.74, 6) is -1.04. The molecule has 0 aliphatic carbocycles. The first-order chi connectivity index (χ1) is 10.3. The zero-order chi connectivity index (χ0) is 16.3. The van der Waals surface area contributed by atoms with E-state index in [4.69, 9.17) is 5.11 Å². The lowest BCUT2D eigenvalue weighted by atomic mass is 10.2. The number of amides is 1. The van der Waals surface area contributed by atoms with Gasteiger partial charge in [-0.15, -0.1) is 11.8 Å². The Morgan fingerprint density at radius 2 is 2.05 bits per heavy atom. The second-order valence-corrected chi connectivity index (χ2v) is 8.40. The molecule has 1 aromatic rings. The van der Waals surface area contributed by atoms with Crippen LogP contribution in [0.2, 0.25) is 0 Å². The molecule has 0 saturated carbocycles. The number of nitrogens with zero attached hydrogens (tertiary/aromatic N) is 1. The second-order valence-electron chi connectivity index (χ2n) is 5.15. The summed E-state index contributed by atoms with van der Waals surface area (Å²) < 4.78 is 22.9. The number of rotatable bonds is 5. The van der Waals surface area contributed by atoms with Crippen LogP contribution in [0.5, 0.6) is 0 Å². The van der Waals surface area contributed by atoms with Gasteiger partial charge in [0.25, 0.3) is 0 Å². The number of carbonyl (C=O) groups is 2. The van der Waals surface area contributed by atoms with Crippen molar-refractivity contribution < 1.29 is 23.1 Å². The molecule has 1 heterocycles. The Balaban J connectivity index is 1.97. The van der Waals surface area contributed by atoms with E-state index in [1.165, 1.54) is 11.0 Å². The van der Waals surface area contributed by atoms with Gasteiger partial charge < -0.3 is 10.0 Å². The smallest absolute Gasteiger partial charge is 0.336 e. The SMILES string of the molecule is CN(C(=O)CSc1ccccc1C(=O)O)[C@H]1CCS(=O)(=O)C1. The molecule has 8 heteroatoms. The number of carboxylic acids is 1. The average molecular weight is 343 g/mol. The number of hydrogen-bond donors (Lipinski definition) is 1. The van der Waals surface area contributed by atoms with Crippen molar-refractivity contribution in [2.45, 2.75) is 17.4 Å². The van der Waals surface area contributed by atoms with Gasteiger partial charge in [-0.2, -0.15) is 0 Å². The highest BCUT2D eigenvalue weighted by molar-refractivity contribution is 8.00. The first-order valence-corrected chi connectivity index (χ1v) is 9.52. The molecule has 0 radical (unpaired) electrons. The van der Waals surface area contributed by atoms with E-state index in [1.54, 1.807) is 25.2 Å². The maximum atomic E-state index is 12.2. The van der Waals surface area contributed by atoms with E-state index in [2.05, 4.69) is 0 Å². The van der Waals surface area contributed by atoms with Crippen molar-refractivity contribution >= 4 is 33.5 Å². The Morgan fingerprint density at radius 1 is 1.36 bits per heavy atom. The van der Waals surface area contributed by atoms with E-state index < -0.39 is 15.8 Å². The molecule has 0 unspecified atom stereocenters. The summed E-state index contributed by atoms with van der Waals surface area (Å²) in [4.78, 5) is 25.2. The third kappa shape index (κ3) is 4.01. The molecule has 120 valence electrons. The van der Waals surface area contributed by atoms with Crippen LogP contribution in [0.4, 0.5) is 0 Å². The molecule has 2 rings (SSSR count). The number of thioether (sulfide) groups is 1. The Bertz CT molecular complexity index is 686. The lowest BCUT2D eigenvalue weighted by molar-refractivity contribution is -0.128. The summed E-state index contributed by atoms with van der Waals surface area (Å²) in [6.45, 7) is 0. The zero-order valence-electron chi connectivity index (χ0n) is 12.1. The van der Waals surface area contributed by atoms with Crippen LogP contribution in [0.25, 0.3) is 0 Å². The summed E-state index contributed by atoms with van der Waals surface area (Å²) in [6.07, 6.45) is 0.459. The quantitative estimate of drug-likeness (QED) is 0.806. The molecule has 22 heavy (non-hydrogen) atoms. The lowest BCUT2D eigenvalue weighted by Gasteiger charge is -2.23. The van der Waals surface area contributed by atoms with Crippen molar-refractivity contribution in [2.24, 2.45) is 0 Å². The topological polar surface area (TPSA) is 91.8 Å². The average Bonchev–Trinajstić information content (AvgIpc) is 2.84. The Morgan fingerprint density at radius 3 is 2.64 bits per heavy atom. The number of carbonyl (C=O) groups excluding carboxylic acids is 1. The van der Waals surface area contributed by atoms with Crippen LogP contribution in [0.1, 0.15) is 16.8 Å². The van der Waals surface area contributed by atoms with Crippen molar-refractivity contribution in [3.05, 3.63) is 29.8 Å². The molecule has 1 atom stereocenters. The predicted octanol–water partition coefficient (Wildman–Crippen LogP) is 1.12. The molecule has 1 aromatic carbocycles. The summed E-state index contributed by atoms with van der Waals surface area (Å²) in [5, 5.41) is 9.09. The van der Waals surface area contributed by atoms with Gasteiger partial charge in [-0.25, -0.2) is 13.2 Å². The monoisotopic (exact) mass is 343 g/mol. The molecule has 1 aliphatic rings. The van der Waals surface area contributed by atoms with Gasteiger partial charge >= 0.3 is 5.97 Å². The molecule has 0 aromatic heterocycles. The van der Waals surface area contributed by atoms with Crippen LogP contribution in [0.15, 0.2) is 29.2 Å². The molecule has 1 fully saturated rings. The fourth-order valence-electron chi connectivity index (χ4n) is 2.29. The molecular weight excluding hydrogens is 326 g/mol. The number of aromatic carboxylic acids is 1. The highest BCUT2D eigenvalue weighted by Crippen LogP contribution is 2.24. The number of hydrogen-bond acceptors (Lipinski definition) is 5. The Kier molecular flexibility index (Phi) is 5.12. The first-order valence-electron chi connectivity index (χ1n) is 6.71. The standard InChI is InChI=1S/C14H17NO5S2/c1-15(10-6-7-22(19,20)9-10)13(16)8-21-12-5-3-2-4-11(12)14(17)18/h2-5,10H,6-9H2,1H3,(H,17,18)/t10-/m0/s1. The second kappa shape index (κ2) is 6.70. The number of benzene rings is 1. The van der Waals surface area contributed by atoms with Crippen LogP contribution in [-0.2, 0) is 14.6 Å². The van der Waals surface area contributed by atoms with Crippen LogP contribution in [0.3, 0.4) is 0 Å². The summed E-state index contributed by atoms with van der Waals surface area (Å²) in [5.41, 5.74) is 0.159. The van der Waals surface area contributed by atoms with Crippen LogP contribution >= 0.6 is 11.8 Å². The van der Waals surface area contributed by atoms with Gasteiger partial charge in [0.2, 0.25) is 5.91 Å². The third-order valence-corrected chi connectivity index (χ3v) is 6.43. The fourth-order valence-corrected chi connectivity index (χ4v) is 5.04. The molecule has 6 nitrogen and oxygen atoms in total. The summed E-state index contributed by atoms with van der Waals surface area (Å²) in [6, 6.07) is 6.20. The maximum absolute atomic E-state index is 12.2. The molecule has 1 saturated heterocycles. The van der Waals surface area contributed by atoms with Crippen molar-refractivity contribution in [2.75, 3.05) is 24.3 Å². The van der Waals surface area contributed by atoms with Gasteiger partial charge in [0.05, 0.1) is 22.8 Å². The zero-order valence-corrected chi connectivity index (χ0v) is 13.7. The molecular formula is C14H17NO5S2. The van der Waals surface area contributed by atoms with Crippen molar-refractivity contribution in [1.82, 2.24) is 4.90 Å². The number of carboxylic acid groups (broad SMARTS) is 1. The van der Waals surface area contributed by atoms with Crippen molar-refractivity contribution in [1.29, 1.82) is 0 Å². The lowest BCUT2D eigenvalue weighted by Crippen LogP contribution is -2.38. The van der Waals surface area contributed by atoms with E-state index in [0.29, 0.717) is 11.3 Å². The number of sulfone groups is 1. The minimum Gasteiger partial charge on any atom is -0.478 e. The van der Waals surface area contributed by atoms with E-state index in [1.807, 2.05) is 0 Å². The molecule has 0 bridgehead atoms. The molecule has 1 amide bonds. The van der Waals surface area contributed by atoms with Crippen molar-refractivity contribution in [3.63, 3.8) is 0 Å². The Labute approximate surface area is 133 Å².